The SMILES string of the molecule is Cc1nc(-c2ccc(Cn3nc(C)c(-c4ccc(C#N)c(Cl)c4)c3C)s2)cs1. The van der Waals surface area contributed by atoms with Crippen molar-refractivity contribution in [3.8, 4) is 27.8 Å². The number of nitrogens with zero attached hydrogens (tertiary/aromatic N) is 4. The Morgan fingerprint density at radius 1 is 1.18 bits per heavy atom. The molecule has 7 heteroatoms. The normalized spacial score (nSPS) is 11.0. The van der Waals surface area contributed by atoms with Crippen LogP contribution in [0.15, 0.2) is 35.7 Å². The number of hydrogen-bond acceptors (Lipinski definition) is 5. The Labute approximate surface area is 176 Å². The lowest BCUT2D eigenvalue weighted by Crippen LogP contribution is -2.02. The highest BCUT2D eigenvalue weighted by Crippen LogP contribution is 2.33. The number of thiazole rings is 1. The predicted molar refractivity (Wildman–Crippen MR) is 116 cm³/mol. The second-order valence-corrected chi connectivity index (χ2v) is 9.17. The van der Waals surface area contributed by atoms with Crippen molar-refractivity contribution in [1.29, 1.82) is 5.26 Å². The van der Waals surface area contributed by atoms with Crippen LogP contribution in [0.2, 0.25) is 5.02 Å². The standard InChI is InChI=1S/C21H17ClN4S2/c1-12-21(15-4-5-16(9-23)18(22)8-15)13(2)26(25-12)10-17-6-7-20(28-17)19-11-27-14(3)24-19/h4-8,11H,10H2,1-3H3. The van der Waals surface area contributed by atoms with Gasteiger partial charge < -0.3 is 0 Å². The molecule has 0 N–H and O–H groups in total. The Morgan fingerprint density at radius 3 is 2.68 bits per heavy atom. The molecule has 0 atom stereocenters. The van der Waals surface area contributed by atoms with E-state index in [4.69, 9.17) is 22.0 Å². The molecule has 3 aromatic heterocycles. The minimum atomic E-state index is 0.466. The van der Waals surface area contributed by atoms with Gasteiger partial charge in [-0.3, -0.25) is 4.68 Å². The largest absolute Gasteiger partial charge is 0.264 e. The molecule has 0 radical (unpaired) electrons. The quantitative estimate of drug-likeness (QED) is 0.390. The van der Waals surface area contributed by atoms with Crippen LogP contribution in [0.3, 0.4) is 0 Å². The highest BCUT2D eigenvalue weighted by atomic mass is 35.5. The fourth-order valence-electron chi connectivity index (χ4n) is 3.25. The summed E-state index contributed by atoms with van der Waals surface area (Å²) in [6, 6.07) is 11.9. The third-order valence-electron chi connectivity index (χ3n) is 4.60. The molecule has 0 saturated carbocycles. The van der Waals surface area contributed by atoms with Crippen molar-refractivity contribution in [3.63, 3.8) is 0 Å². The fourth-order valence-corrected chi connectivity index (χ4v) is 5.12. The number of thiophene rings is 1. The number of hydrogen-bond donors (Lipinski definition) is 0. The Hall–Kier alpha value is -2.46. The van der Waals surface area contributed by atoms with Crippen molar-refractivity contribution in [2.24, 2.45) is 0 Å². The van der Waals surface area contributed by atoms with Crippen molar-refractivity contribution >= 4 is 34.3 Å². The molecule has 3 heterocycles. The highest BCUT2D eigenvalue weighted by molar-refractivity contribution is 7.16. The van der Waals surface area contributed by atoms with Gasteiger partial charge in [0.2, 0.25) is 0 Å². The molecule has 28 heavy (non-hydrogen) atoms. The number of benzene rings is 1. The molecular weight excluding hydrogens is 408 g/mol. The summed E-state index contributed by atoms with van der Waals surface area (Å²) in [7, 11) is 0. The molecule has 0 spiro atoms. The van der Waals surface area contributed by atoms with Crippen molar-refractivity contribution in [1.82, 2.24) is 14.8 Å². The van der Waals surface area contributed by atoms with E-state index in [1.165, 1.54) is 9.75 Å². The molecule has 0 saturated heterocycles. The zero-order chi connectivity index (χ0) is 19.8. The summed E-state index contributed by atoms with van der Waals surface area (Å²) in [6.07, 6.45) is 0. The first kappa shape index (κ1) is 18.9. The van der Waals surface area contributed by atoms with E-state index in [0.29, 0.717) is 17.1 Å². The van der Waals surface area contributed by atoms with Gasteiger partial charge in [0.05, 0.1) is 38.4 Å². The average molecular weight is 425 g/mol. The van der Waals surface area contributed by atoms with Gasteiger partial charge in [0.25, 0.3) is 0 Å². The van der Waals surface area contributed by atoms with Crippen molar-refractivity contribution in [3.05, 3.63) is 67.6 Å². The molecule has 0 unspecified atom stereocenters. The predicted octanol–water partition coefficient (Wildman–Crippen LogP) is 6.23. The van der Waals surface area contributed by atoms with Crippen LogP contribution in [0, 0.1) is 32.1 Å². The topological polar surface area (TPSA) is 54.5 Å². The van der Waals surface area contributed by atoms with Gasteiger partial charge in [-0.25, -0.2) is 4.98 Å². The zero-order valence-electron chi connectivity index (χ0n) is 15.7. The van der Waals surface area contributed by atoms with Crippen LogP contribution in [0.5, 0.6) is 0 Å². The van der Waals surface area contributed by atoms with E-state index in [1.54, 1.807) is 28.7 Å². The summed E-state index contributed by atoms with van der Waals surface area (Å²) < 4.78 is 2.03. The first-order chi connectivity index (χ1) is 13.5. The molecule has 4 nitrogen and oxygen atoms in total. The molecular formula is C21H17ClN4S2. The summed E-state index contributed by atoms with van der Waals surface area (Å²) in [5.41, 5.74) is 5.60. The van der Waals surface area contributed by atoms with Crippen molar-refractivity contribution < 1.29 is 0 Å². The second kappa shape index (κ2) is 7.51. The molecule has 0 aliphatic rings. The molecule has 0 aliphatic heterocycles. The van der Waals surface area contributed by atoms with Crippen molar-refractivity contribution in [2.75, 3.05) is 0 Å². The monoisotopic (exact) mass is 424 g/mol. The van der Waals surface area contributed by atoms with Gasteiger partial charge >= 0.3 is 0 Å². The van der Waals surface area contributed by atoms with Gasteiger partial charge in [0.1, 0.15) is 6.07 Å². The van der Waals surface area contributed by atoms with Gasteiger partial charge in [-0.15, -0.1) is 22.7 Å². The molecule has 4 aromatic rings. The van der Waals surface area contributed by atoms with E-state index in [0.717, 1.165) is 33.2 Å². The van der Waals surface area contributed by atoms with E-state index in [2.05, 4.69) is 35.5 Å². The summed E-state index contributed by atoms with van der Waals surface area (Å²) in [4.78, 5) is 6.98. The van der Waals surface area contributed by atoms with E-state index in [9.17, 15) is 0 Å². The number of nitriles is 1. The first-order valence-electron chi connectivity index (χ1n) is 8.71. The maximum atomic E-state index is 9.09. The Morgan fingerprint density at radius 2 is 2.00 bits per heavy atom. The average Bonchev–Trinajstić information content (AvgIpc) is 3.36. The Balaban J connectivity index is 1.64. The number of aryl methyl sites for hydroxylation is 2. The van der Waals surface area contributed by atoms with Crippen LogP contribution in [-0.2, 0) is 6.54 Å². The van der Waals surface area contributed by atoms with Crippen LogP contribution in [0.1, 0.15) is 26.8 Å². The minimum absolute atomic E-state index is 0.466. The van der Waals surface area contributed by atoms with E-state index in [-0.39, 0.29) is 0 Å². The molecule has 0 fully saturated rings. The Bertz CT molecular complexity index is 1210. The van der Waals surface area contributed by atoms with E-state index < -0.39 is 0 Å². The van der Waals surface area contributed by atoms with Crippen LogP contribution >= 0.6 is 34.3 Å². The van der Waals surface area contributed by atoms with Crippen LogP contribution < -0.4 is 0 Å². The van der Waals surface area contributed by atoms with Gasteiger partial charge in [-0.1, -0.05) is 17.7 Å². The lowest BCUT2D eigenvalue weighted by Gasteiger charge is -2.06. The fraction of sp³-hybridized carbons (Fsp3) is 0.190. The third kappa shape index (κ3) is 3.49. The van der Waals surface area contributed by atoms with Gasteiger partial charge in [0.15, 0.2) is 0 Å². The summed E-state index contributed by atoms with van der Waals surface area (Å²) in [6.45, 7) is 6.81. The maximum absolute atomic E-state index is 9.09. The third-order valence-corrected chi connectivity index (χ3v) is 6.78. The Kier molecular flexibility index (Phi) is 5.07. The molecule has 0 aliphatic carbocycles. The summed E-state index contributed by atoms with van der Waals surface area (Å²) in [5, 5.41) is 17.5. The van der Waals surface area contributed by atoms with E-state index in [1.807, 2.05) is 30.7 Å². The zero-order valence-corrected chi connectivity index (χ0v) is 18.0. The van der Waals surface area contributed by atoms with E-state index >= 15 is 0 Å². The lowest BCUT2D eigenvalue weighted by molar-refractivity contribution is 0.666. The molecule has 140 valence electrons. The molecule has 4 rings (SSSR count). The van der Waals surface area contributed by atoms with Crippen LogP contribution in [-0.4, -0.2) is 14.8 Å². The lowest BCUT2D eigenvalue weighted by atomic mass is 10.0. The number of halogens is 1. The smallest absolute Gasteiger partial charge is 0.101 e. The molecule has 1 aromatic carbocycles. The summed E-state index contributed by atoms with van der Waals surface area (Å²) >= 11 is 9.65. The number of rotatable bonds is 4. The summed E-state index contributed by atoms with van der Waals surface area (Å²) in [5.74, 6) is 0. The minimum Gasteiger partial charge on any atom is -0.264 e. The highest BCUT2D eigenvalue weighted by Gasteiger charge is 2.16. The van der Waals surface area contributed by atoms with Gasteiger partial charge in [-0.2, -0.15) is 10.4 Å². The van der Waals surface area contributed by atoms with Crippen LogP contribution in [0.4, 0.5) is 0 Å². The molecule has 0 amide bonds. The molecule has 0 bridgehead atoms. The van der Waals surface area contributed by atoms with Crippen molar-refractivity contribution in [2.45, 2.75) is 27.3 Å². The van der Waals surface area contributed by atoms with Gasteiger partial charge in [-0.05, 0) is 50.6 Å². The van der Waals surface area contributed by atoms with Gasteiger partial charge in [0, 0.05) is 21.5 Å². The first-order valence-corrected chi connectivity index (χ1v) is 10.8. The number of aromatic nitrogens is 3. The second-order valence-electron chi connectivity index (χ2n) is 6.53. The van der Waals surface area contributed by atoms with Crippen LogP contribution in [0.25, 0.3) is 21.7 Å². The maximum Gasteiger partial charge on any atom is 0.101 e.